The molecule has 2 aromatic heterocycles. The SMILES string of the molecule is Cc1cc(N2CCCC2)n2nc(CN3CCC4(CC3)OCCO4)nc2n1. The number of likely N-dealkylation sites (tertiary alicyclic amines) is 1. The van der Waals surface area contributed by atoms with Crippen LogP contribution in [0.1, 0.15) is 37.2 Å². The van der Waals surface area contributed by atoms with E-state index >= 15 is 0 Å². The first-order valence-electron chi connectivity index (χ1n) is 9.69. The summed E-state index contributed by atoms with van der Waals surface area (Å²) in [6, 6.07) is 2.12. The Morgan fingerprint density at radius 2 is 1.77 bits per heavy atom. The molecule has 0 atom stereocenters. The molecule has 0 radical (unpaired) electrons. The lowest BCUT2D eigenvalue weighted by Gasteiger charge is -2.37. The standard InChI is InChI=1S/C18H26N6O2/c1-14-12-16(23-6-2-3-7-23)24-17(19-14)20-15(21-24)13-22-8-4-18(5-9-22)25-10-11-26-18/h12H,2-11,13H2,1H3. The highest BCUT2D eigenvalue weighted by atomic mass is 16.7. The van der Waals surface area contributed by atoms with Gasteiger partial charge < -0.3 is 14.4 Å². The number of nitrogens with zero attached hydrogens (tertiary/aromatic N) is 6. The lowest BCUT2D eigenvalue weighted by Crippen LogP contribution is -2.44. The molecule has 5 rings (SSSR count). The van der Waals surface area contributed by atoms with Crippen molar-refractivity contribution in [1.82, 2.24) is 24.5 Å². The second-order valence-corrected chi connectivity index (χ2v) is 7.57. The molecule has 5 heterocycles. The Bertz CT molecular complexity index is 784. The number of ether oxygens (including phenoxy) is 2. The summed E-state index contributed by atoms with van der Waals surface area (Å²) in [5.74, 6) is 2.34. The molecule has 0 aromatic carbocycles. The minimum atomic E-state index is -0.329. The van der Waals surface area contributed by atoms with E-state index in [0.717, 1.165) is 76.1 Å². The van der Waals surface area contributed by atoms with Crippen LogP contribution < -0.4 is 4.90 Å². The Hall–Kier alpha value is -1.77. The Labute approximate surface area is 153 Å². The molecule has 26 heavy (non-hydrogen) atoms. The van der Waals surface area contributed by atoms with E-state index in [0.29, 0.717) is 5.78 Å². The van der Waals surface area contributed by atoms with Crippen LogP contribution in [0.15, 0.2) is 6.07 Å². The lowest BCUT2D eigenvalue weighted by atomic mass is 10.0. The molecule has 3 fully saturated rings. The second kappa shape index (κ2) is 6.44. The fraction of sp³-hybridized carbons (Fsp3) is 0.722. The molecule has 2 aromatic rings. The fourth-order valence-electron chi connectivity index (χ4n) is 4.29. The molecule has 8 nitrogen and oxygen atoms in total. The Morgan fingerprint density at radius 3 is 2.50 bits per heavy atom. The highest BCUT2D eigenvalue weighted by Gasteiger charge is 2.39. The zero-order valence-electron chi connectivity index (χ0n) is 15.4. The summed E-state index contributed by atoms with van der Waals surface area (Å²) < 4.78 is 13.5. The third kappa shape index (κ3) is 2.95. The maximum absolute atomic E-state index is 5.81. The quantitative estimate of drug-likeness (QED) is 0.821. The van der Waals surface area contributed by atoms with Crippen LogP contribution in [0.2, 0.25) is 0 Å². The molecule has 3 aliphatic rings. The predicted molar refractivity (Wildman–Crippen MR) is 96.1 cm³/mol. The summed E-state index contributed by atoms with van der Waals surface area (Å²) >= 11 is 0. The van der Waals surface area contributed by atoms with E-state index in [9.17, 15) is 0 Å². The van der Waals surface area contributed by atoms with Gasteiger partial charge >= 0.3 is 0 Å². The summed E-state index contributed by atoms with van der Waals surface area (Å²) in [6.45, 7) is 8.28. The Kier molecular flexibility index (Phi) is 4.06. The Morgan fingerprint density at radius 1 is 1.04 bits per heavy atom. The molecule has 1 spiro atoms. The van der Waals surface area contributed by atoms with Crippen LogP contribution in [-0.4, -0.2) is 69.7 Å². The van der Waals surface area contributed by atoms with Gasteiger partial charge in [0.05, 0.1) is 19.8 Å². The zero-order valence-corrected chi connectivity index (χ0v) is 15.4. The van der Waals surface area contributed by atoms with Crippen molar-refractivity contribution < 1.29 is 9.47 Å². The van der Waals surface area contributed by atoms with Crippen molar-refractivity contribution in [2.24, 2.45) is 0 Å². The van der Waals surface area contributed by atoms with Crippen molar-refractivity contribution in [3.8, 4) is 0 Å². The van der Waals surface area contributed by atoms with Crippen molar-refractivity contribution in [1.29, 1.82) is 0 Å². The molecule has 0 unspecified atom stereocenters. The average molecular weight is 358 g/mol. The predicted octanol–water partition coefficient (Wildman–Crippen LogP) is 1.37. The van der Waals surface area contributed by atoms with Gasteiger partial charge in [0, 0.05) is 50.8 Å². The third-order valence-electron chi connectivity index (χ3n) is 5.69. The van der Waals surface area contributed by atoms with Gasteiger partial charge in [-0.05, 0) is 19.8 Å². The maximum atomic E-state index is 5.81. The summed E-state index contributed by atoms with van der Waals surface area (Å²) in [7, 11) is 0. The average Bonchev–Trinajstić information content (AvgIpc) is 3.37. The van der Waals surface area contributed by atoms with E-state index in [1.54, 1.807) is 0 Å². The number of aryl methyl sites for hydroxylation is 1. The van der Waals surface area contributed by atoms with Crippen LogP contribution in [0.5, 0.6) is 0 Å². The first-order valence-corrected chi connectivity index (χ1v) is 9.69. The number of aromatic nitrogens is 4. The van der Waals surface area contributed by atoms with Crippen molar-refractivity contribution >= 4 is 11.6 Å². The van der Waals surface area contributed by atoms with Crippen molar-refractivity contribution in [3.63, 3.8) is 0 Å². The number of hydrogen-bond donors (Lipinski definition) is 0. The highest BCUT2D eigenvalue weighted by Crippen LogP contribution is 2.31. The van der Waals surface area contributed by atoms with Crippen LogP contribution in [0.4, 0.5) is 5.82 Å². The maximum Gasteiger partial charge on any atom is 0.254 e. The summed E-state index contributed by atoms with van der Waals surface area (Å²) in [5.41, 5.74) is 0.994. The first kappa shape index (κ1) is 16.4. The van der Waals surface area contributed by atoms with Gasteiger partial charge in [0.1, 0.15) is 5.82 Å². The van der Waals surface area contributed by atoms with Crippen LogP contribution in [0, 0.1) is 6.92 Å². The molecule has 8 heteroatoms. The van der Waals surface area contributed by atoms with Crippen LogP contribution >= 0.6 is 0 Å². The second-order valence-electron chi connectivity index (χ2n) is 7.57. The van der Waals surface area contributed by atoms with Crippen LogP contribution in [0.3, 0.4) is 0 Å². The van der Waals surface area contributed by atoms with Gasteiger partial charge in [0.2, 0.25) is 0 Å². The van der Waals surface area contributed by atoms with E-state index in [4.69, 9.17) is 19.6 Å². The lowest BCUT2D eigenvalue weighted by molar-refractivity contribution is -0.185. The molecule has 0 saturated carbocycles. The van der Waals surface area contributed by atoms with Crippen LogP contribution in [-0.2, 0) is 16.0 Å². The molecule has 0 bridgehead atoms. The van der Waals surface area contributed by atoms with Crippen LogP contribution in [0.25, 0.3) is 5.78 Å². The normalized spacial score (nSPS) is 23.5. The molecule has 0 aliphatic carbocycles. The summed E-state index contributed by atoms with van der Waals surface area (Å²) in [6.07, 6.45) is 4.31. The molecular weight excluding hydrogens is 332 g/mol. The molecule has 140 valence electrons. The third-order valence-corrected chi connectivity index (χ3v) is 5.69. The summed E-state index contributed by atoms with van der Waals surface area (Å²) in [4.78, 5) is 14.1. The van der Waals surface area contributed by atoms with Gasteiger partial charge in [-0.15, -0.1) is 5.10 Å². The number of anilines is 1. The van der Waals surface area contributed by atoms with E-state index in [1.807, 2.05) is 11.4 Å². The molecule has 3 saturated heterocycles. The first-order chi connectivity index (χ1) is 12.7. The number of fused-ring (bicyclic) bond motifs is 1. The highest BCUT2D eigenvalue weighted by molar-refractivity contribution is 5.48. The zero-order chi connectivity index (χ0) is 17.6. The number of hydrogen-bond acceptors (Lipinski definition) is 7. The van der Waals surface area contributed by atoms with E-state index in [2.05, 4.69) is 20.9 Å². The van der Waals surface area contributed by atoms with Gasteiger partial charge in [-0.25, -0.2) is 4.98 Å². The number of rotatable bonds is 3. The summed E-state index contributed by atoms with van der Waals surface area (Å²) in [5, 5.41) is 4.78. The van der Waals surface area contributed by atoms with Gasteiger partial charge in [-0.1, -0.05) is 0 Å². The molecular formula is C18H26N6O2. The Balaban J connectivity index is 1.34. The van der Waals surface area contributed by atoms with Crippen molar-refractivity contribution in [3.05, 3.63) is 17.6 Å². The minimum absolute atomic E-state index is 0.329. The fourth-order valence-corrected chi connectivity index (χ4v) is 4.29. The van der Waals surface area contributed by atoms with E-state index in [1.165, 1.54) is 12.8 Å². The van der Waals surface area contributed by atoms with E-state index < -0.39 is 0 Å². The molecule has 0 N–H and O–H groups in total. The monoisotopic (exact) mass is 358 g/mol. The van der Waals surface area contributed by atoms with Gasteiger partial charge in [-0.2, -0.15) is 9.50 Å². The van der Waals surface area contributed by atoms with E-state index in [-0.39, 0.29) is 5.79 Å². The topological polar surface area (TPSA) is 68.0 Å². The smallest absolute Gasteiger partial charge is 0.254 e. The van der Waals surface area contributed by atoms with Crippen molar-refractivity contribution in [2.45, 2.75) is 44.9 Å². The van der Waals surface area contributed by atoms with Gasteiger partial charge in [0.15, 0.2) is 11.6 Å². The number of piperidine rings is 1. The van der Waals surface area contributed by atoms with Gasteiger partial charge in [-0.3, -0.25) is 4.90 Å². The van der Waals surface area contributed by atoms with Crippen molar-refractivity contribution in [2.75, 3.05) is 44.3 Å². The largest absolute Gasteiger partial charge is 0.356 e. The molecule has 0 amide bonds. The minimum Gasteiger partial charge on any atom is -0.356 e. The molecule has 3 aliphatic heterocycles. The van der Waals surface area contributed by atoms with Gasteiger partial charge in [0.25, 0.3) is 5.78 Å².